The summed E-state index contributed by atoms with van der Waals surface area (Å²) < 4.78 is 2.66. The molecule has 0 saturated carbocycles. The highest BCUT2D eigenvalue weighted by atomic mass is 32.1. The number of nitrogens with zero attached hydrogens (tertiary/aromatic N) is 3. The molecular weight excluding hydrogens is 386 g/mol. The van der Waals surface area contributed by atoms with Crippen LogP contribution in [0.4, 0.5) is 11.5 Å². The van der Waals surface area contributed by atoms with Gasteiger partial charge in [-0.25, -0.2) is 4.98 Å². The fourth-order valence-corrected chi connectivity index (χ4v) is 5.23. The van der Waals surface area contributed by atoms with Crippen LogP contribution in [0.3, 0.4) is 0 Å². The second kappa shape index (κ2) is 5.51. The molecule has 2 aromatic heterocycles. The van der Waals surface area contributed by atoms with Gasteiger partial charge < -0.3 is 10.6 Å². The number of benzene rings is 2. The van der Waals surface area contributed by atoms with E-state index in [2.05, 4.69) is 20.7 Å². The molecule has 0 fully saturated rings. The lowest BCUT2D eigenvalue weighted by Gasteiger charge is -2.31. The summed E-state index contributed by atoms with van der Waals surface area (Å²) in [5.41, 5.74) is 3.09. The number of para-hydroxylation sites is 1. The minimum absolute atomic E-state index is 0.0494. The van der Waals surface area contributed by atoms with E-state index in [0.29, 0.717) is 16.5 Å². The van der Waals surface area contributed by atoms with Crippen molar-refractivity contribution >= 4 is 44.9 Å². The van der Waals surface area contributed by atoms with Gasteiger partial charge >= 0.3 is 0 Å². The SMILES string of the molecule is Cc1ccc2c(c1)C1(CC(=O)Nc3c1cnn3-c1nc3ccccc3s1)C(=O)N2. The van der Waals surface area contributed by atoms with E-state index in [0.717, 1.165) is 27.0 Å². The van der Waals surface area contributed by atoms with Crippen molar-refractivity contribution in [3.05, 3.63) is 65.4 Å². The Bertz CT molecular complexity index is 1320. The van der Waals surface area contributed by atoms with Gasteiger partial charge in [0.2, 0.25) is 16.9 Å². The van der Waals surface area contributed by atoms with Gasteiger partial charge in [0, 0.05) is 17.7 Å². The molecule has 2 aliphatic heterocycles. The Morgan fingerprint density at radius 2 is 1.97 bits per heavy atom. The Hall–Kier alpha value is -3.52. The van der Waals surface area contributed by atoms with Crippen molar-refractivity contribution in [3.8, 4) is 5.13 Å². The zero-order valence-corrected chi connectivity index (χ0v) is 16.2. The molecule has 142 valence electrons. The molecule has 7 nitrogen and oxygen atoms in total. The highest BCUT2D eigenvalue weighted by Gasteiger charge is 2.54. The number of aryl methyl sites for hydroxylation is 1. The lowest BCUT2D eigenvalue weighted by molar-refractivity contribution is -0.125. The van der Waals surface area contributed by atoms with Gasteiger partial charge in [0.15, 0.2) is 0 Å². The molecule has 8 heteroatoms. The van der Waals surface area contributed by atoms with E-state index in [-0.39, 0.29) is 18.2 Å². The first-order chi connectivity index (χ1) is 14.1. The van der Waals surface area contributed by atoms with E-state index < -0.39 is 5.41 Å². The number of carbonyl (C=O) groups is 2. The highest BCUT2D eigenvalue weighted by Crippen LogP contribution is 2.50. The number of rotatable bonds is 1. The van der Waals surface area contributed by atoms with E-state index in [1.807, 2.05) is 49.4 Å². The van der Waals surface area contributed by atoms with Crippen LogP contribution >= 0.6 is 11.3 Å². The van der Waals surface area contributed by atoms with Crippen LogP contribution in [0.25, 0.3) is 15.3 Å². The van der Waals surface area contributed by atoms with Crippen LogP contribution in [0.15, 0.2) is 48.7 Å². The number of amides is 2. The van der Waals surface area contributed by atoms with E-state index in [1.54, 1.807) is 10.9 Å². The number of aromatic nitrogens is 3. The first kappa shape index (κ1) is 16.4. The van der Waals surface area contributed by atoms with Crippen molar-refractivity contribution < 1.29 is 9.59 Å². The number of hydrogen-bond donors (Lipinski definition) is 2. The normalized spacial score (nSPS) is 19.9. The molecule has 0 bridgehead atoms. The molecule has 2 N–H and O–H groups in total. The van der Waals surface area contributed by atoms with Crippen molar-refractivity contribution in [3.63, 3.8) is 0 Å². The van der Waals surface area contributed by atoms with Crippen molar-refractivity contribution in [1.29, 1.82) is 0 Å². The summed E-state index contributed by atoms with van der Waals surface area (Å²) in [6.45, 7) is 1.98. The molecule has 0 aliphatic carbocycles. The third kappa shape index (κ3) is 2.11. The van der Waals surface area contributed by atoms with E-state index in [4.69, 9.17) is 0 Å². The van der Waals surface area contributed by atoms with Crippen molar-refractivity contribution in [2.24, 2.45) is 0 Å². The minimum Gasteiger partial charge on any atom is -0.325 e. The first-order valence-electron chi connectivity index (χ1n) is 9.23. The van der Waals surface area contributed by atoms with Crippen molar-refractivity contribution in [1.82, 2.24) is 14.8 Å². The predicted molar refractivity (Wildman–Crippen MR) is 111 cm³/mol. The predicted octanol–water partition coefficient (Wildman–Crippen LogP) is 3.37. The number of fused-ring (bicyclic) bond motifs is 5. The van der Waals surface area contributed by atoms with Gasteiger partial charge in [0.1, 0.15) is 11.2 Å². The summed E-state index contributed by atoms with van der Waals surface area (Å²) in [5.74, 6) is 0.0905. The number of anilines is 2. The van der Waals surface area contributed by atoms with Crippen LogP contribution in [0, 0.1) is 6.92 Å². The largest absolute Gasteiger partial charge is 0.325 e. The van der Waals surface area contributed by atoms with Crippen LogP contribution in [0.1, 0.15) is 23.1 Å². The second-order valence-corrected chi connectivity index (χ2v) is 8.43. The number of hydrogen-bond acceptors (Lipinski definition) is 5. The maximum absolute atomic E-state index is 13.2. The number of thiazole rings is 1. The van der Waals surface area contributed by atoms with Crippen molar-refractivity contribution in [2.45, 2.75) is 18.8 Å². The quantitative estimate of drug-likeness (QED) is 0.512. The Labute approximate surface area is 169 Å². The summed E-state index contributed by atoms with van der Waals surface area (Å²) in [7, 11) is 0. The average Bonchev–Trinajstić information content (AvgIpc) is 3.37. The lowest BCUT2D eigenvalue weighted by Crippen LogP contribution is -2.43. The third-order valence-corrected chi connectivity index (χ3v) is 6.66. The van der Waals surface area contributed by atoms with Gasteiger partial charge in [0.25, 0.3) is 0 Å². The van der Waals surface area contributed by atoms with Gasteiger partial charge in [-0.2, -0.15) is 9.78 Å². The summed E-state index contributed by atoms with van der Waals surface area (Å²) in [5, 5.41) is 11.0. The molecule has 1 spiro atoms. The third-order valence-electron chi connectivity index (χ3n) is 5.65. The average molecular weight is 401 g/mol. The lowest BCUT2D eigenvalue weighted by atomic mass is 9.71. The molecular formula is C21H15N5O2S. The van der Waals surface area contributed by atoms with E-state index >= 15 is 0 Å². The van der Waals surface area contributed by atoms with Gasteiger partial charge in [-0.05, 0) is 30.7 Å². The molecule has 2 aliphatic rings. The van der Waals surface area contributed by atoms with Crippen LogP contribution in [0.2, 0.25) is 0 Å². The molecule has 4 aromatic rings. The molecule has 6 rings (SSSR count). The zero-order chi connectivity index (χ0) is 19.8. The topological polar surface area (TPSA) is 88.9 Å². The van der Waals surface area contributed by atoms with Crippen LogP contribution < -0.4 is 10.6 Å². The molecule has 4 heterocycles. The molecule has 1 atom stereocenters. The monoisotopic (exact) mass is 401 g/mol. The van der Waals surface area contributed by atoms with Crippen LogP contribution in [-0.2, 0) is 15.0 Å². The van der Waals surface area contributed by atoms with Gasteiger partial charge in [-0.3, -0.25) is 9.59 Å². The molecule has 2 amide bonds. The van der Waals surface area contributed by atoms with Gasteiger partial charge in [-0.1, -0.05) is 41.2 Å². The van der Waals surface area contributed by atoms with Crippen LogP contribution in [-0.4, -0.2) is 26.6 Å². The minimum atomic E-state index is -1.08. The standard InChI is InChI=1S/C21H15N5O2S/c1-11-6-7-14-12(8-11)21(19(28)23-14)9-17(27)25-18-13(21)10-22-26(18)20-24-15-4-2-3-5-16(15)29-20/h2-8,10H,9H2,1H3,(H,23,28)(H,25,27). The Balaban J connectivity index is 1.60. The molecule has 0 saturated heterocycles. The highest BCUT2D eigenvalue weighted by molar-refractivity contribution is 7.20. The number of nitrogens with one attached hydrogen (secondary N) is 2. The first-order valence-corrected chi connectivity index (χ1v) is 10.0. The Morgan fingerprint density at radius 1 is 1.10 bits per heavy atom. The zero-order valence-electron chi connectivity index (χ0n) is 15.4. The van der Waals surface area contributed by atoms with Crippen molar-refractivity contribution in [2.75, 3.05) is 10.6 Å². The summed E-state index contributed by atoms with van der Waals surface area (Å²) in [4.78, 5) is 30.6. The molecule has 2 aromatic carbocycles. The summed E-state index contributed by atoms with van der Waals surface area (Å²) in [6, 6.07) is 13.6. The molecule has 0 radical (unpaired) electrons. The maximum Gasteiger partial charge on any atom is 0.240 e. The van der Waals surface area contributed by atoms with Gasteiger partial charge in [-0.15, -0.1) is 0 Å². The molecule has 29 heavy (non-hydrogen) atoms. The Kier molecular flexibility index (Phi) is 3.12. The fraction of sp³-hybridized carbons (Fsp3) is 0.143. The van der Waals surface area contributed by atoms with E-state index in [1.165, 1.54) is 11.3 Å². The number of carbonyl (C=O) groups excluding carboxylic acids is 2. The Morgan fingerprint density at radius 3 is 2.83 bits per heavy atom. The smallest absolute Gasteiger partial charge is 0.240 e. The molecule has 1 unspecified atom stereocenters. The maximum atomic E-state index is 13.2. The van der Waals surface area contributed by atoms with Crippen LogP contribution in [0.5, 0.6) is 0 Å². The van der Waals surface area contributed by atoms with E-state index in [9.17, 15) is 9.59 Å². The fourth-order valence-electron chi connectivity index (χ4n) is 4.30. The summed E-state index contributed by atoms with van der Waals surface area (Å²) in [6.07, 6.45) is 1.73. The summed E-state index contributed by atoms with van der Waals surface area (Å²) >= 11 is 1.49. The van der Waals surface area contributed by atoms with Gasteiger partial charge in [0.05, 0.1) is 16.4 Å². The second-order valence-electron chi connectivity index (χ2n) is 7.42.